The number of rotatable bonds is 0. The van der Waals surface area contributed by atoms with Gasteiger partial charge in [-0.05, 0) is 5.57 Å². The van der Waals surface area contributed by atoms with Gasteiger partial charge in [0.1, 0.15) is 6.17 Å². The summed E-state index contributed by atoms with van der Waals surface area (Å²) in [5.74, 6) is -0.128. The minimum atomic E-state index is -0.208. The van der Waals surface area contributed by atoms with Crippen LogP contribution in [0, 0.1) is 0 Å². The van der Waals surface area contributed by atoms with Crippen molar-refractivity contribution in [3.63, 3.8) is 0 Å². The third-order valence-electron chi connectivity index (χ3n) is 1.64. The van der Waals surface area contributed by atoms with E-state index < -0.39 is 0 Å². The third-order valence-corrected chi connectivity index (χ3v) is 1.64. The van der Waals surface area contributed by atoms with Gasteiger partial charge in [0, 0.05) is 6.08 Å². The molecule has 0 saturated carbocycles. The van der Waals surface area contributed by atoms with Gasteiger partial charge in [0.05, 0.1) is 6.42 Å². The van der Waals surface area contributed by atoms with E-state index >= 15 is 0 Å². The van der Waals surface area contributed by atoms with Gasteiger partial charge in [-0.1, -0.05) is 0 Å². The predicted octanol–water partition coefficient (Wildman–Crippen LogP) is -1.11. The molecule has 0 aromatic heterocycles. The Kier molecular flexibility index (Phi) is 0.869. The van der Waals surface area contributed by atoms with Gasteiger partial charge < -0.3 is 10.6 Å². The van der Waals surface area contributed by atoms with Gasteiger partial charge in [-0.3, -0.25) is 9.59 Å². The van der Waals surface area contributed by atoms with E-state index in [2.05, 4.69) is 10.6 Å². The Hall–Kier alpha value is -1.32. The van der Waals surface area contributed by atoms with Crippen LogP contribution in [0.25, 0.3) is 0 Å². The normalized spacial score (nSPS) is 29.2. The van der Waals surface area contributed by atoms with Crippen molar-refractivity contribution in [3.05, 3.63) is 11.6 Å². The van der Waals surface area contributed by atoms with Crippen molar-refractivity contribution in [2.24, 2.45) is 0 Å². The van der Waals surface area contributed by atoms with Crippen LogP contribution < -0.4 is 10.6 Å². The van der Waals surface area contributed by atoms with Crippen LogP contribution in [-0.4, -0.2) is 18.0 Å². The van der Waals surface area contributed by atoms with Crippen LogP contribution in [0.15, 0.2) is 11.6 Å². The summed E-state index contributed by atoms with van der Waals surface area (Å²) in [6.07, 6.45) is 1.63. The largest absolute Gasteiger partial charge is 0.332 e. The lowest BCUT2D eigenvalue weighted by Crippen LogP contribution is -2.38. The molecule has 2 heterocycles. The maximum Gasteiger partial charge on any atom is 0.245 e. The molecule has 0 aromatic rings. The smallest absolute Gasteiger partial charge is 0.245 e. The quantitative estimate of drug-likeness (QED) is 0.446. The monoisotopic (exact) mass is 138 g/mol. The fourth-order valence-corrected chi connectivity index (χ4v) is 1.21. The molecule has 1 atom stereocenters. The molecule has 2 aliphatic rings. The average Bonchev–Trinajstić information content (AvgIpc) is 2.21. The Morgan fingerprint density at radius 1 is 1.40 bits per heavy atom. The second-order valence-corrected chi connectivity index (χ2v) is 2.41. The molecule has 2 aliphatic heterocycles. The first-order valence-corrected chi connectivity index (χ1v) is 3.06. The molecule has 0 radical (unpaired) electrons. The molecule has 0 aromatic carbocycles. The van der Waals surface area contributed by atoms with Gasteiger partial charge in [0.25, 0.3) is 0 Å². The van der Waals surface area contributed by atoms with Crippen molar-refractivity contribution in [1.82, 2.24) is 10.6 Å². The maximum absolute atomic E-state index is 10.7. The highest BCUT2D eigenvalue weighted by atomic mass is 16.2. The zero-order chi connectivity index (χ0) is 7.14. The molecule has 4 heteroatoms. The topological polar surface area (TPSA) is 58.2 Å². The number of nitrogens with one attached hydrogen (secondary N) is 2. The molecule has 1 fully saturated rings. The van der Waals surface area contributed by atoms with Gasteiger partial charge in [-0.15, -0.1) is 0 Å². The minimum Gasteiger partial charge on any atom is -0.332 e. The van der Waals surface area contributed by atoms with Crippen molar-refractivity contribution in [1.29, 1.82) is 0 Å². The van der Waals surface area contributed by atoms with Crippen LogP contribution in [0.2, 0.25) is 0 Å². The molecule has 2 rings (SSSR count). The summed E-state index contributed by atoms with van der Waals surface area (Å²) in [4.78, 5) is 21.3. The van der Waals surface area contributed by atoms with Crippen LogP contribution in [0.1, 0.15) is 6.42 Å². The molecule has 4 nitrogen and oxygen atoms in total. The van der Waals surface area contributed by atoms with Crippen LogP contribution >= 0.6 is 0 Å². The van der Waals surface area contributed by atoms with Crippen molar-refractivity contribution < 1.29 is 9.59 Å². The third kappa shape index (κ3) is 0.618. The first-order chi connectivity index (χ1) is 4.75. The van der Waals surface area contributed by atoms with Gasteiger partial charge in [0.15, 0.2) is 0 Å². The minimum absolute atomic E-state index is 0.0174. The molecule has 52 valence electrons. The summed E-state index contributed by atoms with van der Waals surface area (Å²) < 4.78 is 0. The van der Waals surface area contributed by atoms with Gasteiger partial charge in [-0.25, -0.2) is 0 Å². The fourth-order valence-electron chi connectivity index (χ4n) is 1.21. The lowest BCUT2D eigenvalue weighted by atomic mass is 10.2. The highest BCUT2D eigenvalue weighted by molar-refractivity contribution is 5.96. The Balaban J connectivity index is 2.29. The Morgan fingerprint density at radius 3 is 2.90 bits per heavy atom. The SMILES string of the molecule is O=C1C=C2CC(=O)NC2N1. The van der Waals surface area contributed by atoms with Crippen molar-refractivity contribution >= 4 is 11.8 Å². The van der Waals surface area contributed by atoms with E-state index in [4.69, 9.17) is 0 Å². The van der Waals surface area contributed by atoms with Gasteiger partial charge >= 0.3 is 0 Å². The second kappa shape index (κ2) is 1.59. The van der Waals surface area contributed by atoms with E-state index in [1.807, 2.05) is 0 Å². The highest BCUT2D eigenvalue weighted by Crippen LogP contribution is 2.16. The van der Waals surface area contributed by atoms with Crippen LogP contribution in [-0.2, 0) is 9.59 Å². The molecular formula is C6H6N2O2. The first-order valence-electron chi connectivity index (χ1n) is 3.06. The zero-order valence-corrected chi connectivity index (χ0v) is 5.18. The summed E-state index contributed by atoms with van der Waals surface area (Å²) in [6, 6.07) is 0. The molecule has 0 bridgehead atoms. The Labute approximate surface area is 57.3 Å². The molecule has 10 heavy (non-hydrogen) atoms. The molecule has 2 amide bonds. The average molecular weight is 138 g/mol. The number of fused-ring (bicyclic) bond motifs is 1. The van der Waals surface area contributed by atoms with E-state index in [1.54, 1.807) is 0 Å². The predicted molar refractivity (Wildman–Crippen MR) is 32.8 cm³/mol. The summed E-state index contributed by atoms with van der Waals surface area (Å²) in [6.45, 7) is 0. The highest BCUT2D eigenvalue weighted by Gasteiger charge is 2.31. The molecule has 0 spiro atoms. The first kappa shape index (κ1) is 5.46. The molecule has 1 saturated heterocycles. The molecule has 1 unspecified atom stereocenters. The lowest BCUT2D eigenvalue weighted by molar-refractivity contribution is -0.119. The van der Waals surface area contributed by atoms with E-state index in [9.17, 15) is 9.59 Å². The Bertz CT molecular complexity index is 244. The van der Waals surface area contributed by atoms with E-state index in [1.165, 1.54) is 6.08 Å². The zero-order valence-electron chi connectivity index (χ0n) is 5.18. The van der Waals surface area contributed by atoms with Crippen LogP contribution in [0.3, 0.4) is 0 Å². The number of carbonyl (C=O) groups is 2. The van der Waals surface area contributed by atoms with E-state index in [-0.39, 0.29) is 18.0 Å². The van der Waals surface area contributed by atoms with E-state index in [0.29, 0.717) is 6.42 Å². The summed E-state index contributed by atoms with van der Waals surface area (Å²) >= 11 is 0. The van der Waals surface area contributed by atoms with Crippen molar-refractivity contribution in [3.8, 4) is 0 Å². The lowest BCUT2D eigenvalue weighted by Gasteiger charge is -2.04. The van der Waals surface area contributed by atoms with Crippen LogP contribution in [0.5, 0.6) is 0 Å². The summed E-state index contributed by atoms with van der Waals surface area (Å²) in [5.41, 5.74) is 0.856. The van der Waals surface area contributed by atoms with Gasteiger partial charge in [0.2, 0.25) is 11.8 Å². The fraction of sp³-hybridized carbons (Fsp3) is 0.333. The summed E-state index contributed by atoms with van der Waals surface area (Å²) in [5, 5.41) is 5.19. The van der Waals surface area contributed by atoms with Gasteiger partial charge in [-0.2, -0.15) is 0 Å². The van der Waals surface area contributed by atoms with Crippen molar-refractivity contribution in [2.75, 3.05) is 0 Å². The van der Waals surface area contributed by atoms with E-state index in [0.717, 1.165) is 5.57 Å². The Morgan fingerprint density at radius 2 is 2.20 bits per heavy atom. The number of hydrogen-bond acceptors (Lipinski definition) is 2. The van der Waals surface area contributed by atoms with Crippen LogP contribution in [0.4, 0.5) is 0 Å². The molecule has 0 aliphatic carbocycles. The number of amides is 2. The standard InChI is InChI=1S/C6H6N2O2/c9-4-1-3-2-5(10)8-6(3)7-4/h1,6H,2H2,(H,7,9)(H,8,10). The molecular weight excluding hydrogens is 132 g/mol. The molecule has 2 N–H and O–H groups in total. The maximum atomic E-state index is 10.7. The summed E-state index contributed by atoms with van der Waals surface area (Å²) in [7, 11) is 0. The van der Waals surface area contributed by atoms with Crippen molar-refractivity contribution in [2.45, 2.75) is 12.6 Å². The number of carbonyl (C=O) groups excluding carboxylic acids is 2. The second-order valence-electron chi connectivity index (χ2n) is 2.41. The number of hydrogen-bond donors (Lipinski definition) is 2.